The van der Waals surface area contributed by atoms with E-state index in [0.717, 1.165) is 0 Å². The Morgan fingerprint density at radius 2 is 1.09 bits per heavy atom. The van der Waals surface area contributed by atoms with Crippen molar-refractivity contribution in [3.63, 3.8) is 0 Å². The maximum atomic E-state index is 10.4. The molecular weight excluding hydrogens is 705 g/mol. The molecule has 274 valence electrons. The van der Waals surface area contributed by atoms with Gasteiger partial charge in [-0.3, -0.25) is 0 Å². The lowest BCUT2D eigenvalue weighted by molar-refractivity contribution is 0.660. The maximum Gasteiger partial charge on any atom is 0.145 e. The van der Waals surface area contributed by atoms with Crippen LogP contribution in [0.25, 0.3) is 82.5 Å². The van der Waals surface area contributed by atoms with Gasteiger partial charge in [0.2, 0.25) is 0 Å². The summed E-state index contributed by atoms with van der Waals surface area (Å²) in [5.74, 6) is 0. The summed E-state index contributed by atoms with van der Waals surface area (Å²) in [6.07, 6.45) is 0. The van der Waals surface area contributed by atoms with E-state index in [1.54, 1.807) is 0 Å². The molecule has 0 fully saturated rings. The van der Waals surface area contributed by atoms with Crippen LogP contribution in [0.5, 0.6) is 0 Å². The summed E-state index contributed by atoms with van der Waals surface area (Å²) in [5.41, 5.74) is -12.0. The van der Waals surface area contributed by atoms with E-state index >= 15 is 0 Å². The van der Waals surface area contributed by atoms with Crippen LogP contribution in [0.3, 0.4) is 0 Å². The van der Waals surface area contributed by atoms with Gasteiger partial charge in [0.1, 0.15) is 11.2 Å². The topological polar surface area (TPSA) is 21.3 Å². The molecule has 9 aromatic carbocycles. The van der Waals surface area contributed by atoms with Crippen LogP contribution >= 0.6 is 0 Å². The number of rotatable bonds is 5. The van der Waals surface area contributed by atoms with Crippen molar-refractivity contribution in [3.8, 4) is 27.9 Å². The number of fused-ring (bicyclic) bond motifs is 10. The standard InChI is InChI=1S/C55H38N2O/c1-55(2)45-23-9-5-20-43(45)52-46(55)24-14-27-49(52)57(37-31-29-36(30-32-37)56-47-25-10-6-18-40(47)41-19-7-11-26-48(41)56)50-34-33-42(39-22-13-16-35-15-3-4-17-38(35)39)54-53(50)44-21-8-12-28-51(44)58-54/h3-34H,1-2H3/i3D,4D,5D,6D,7D,8D,9D,10D,11D,12D,13D,14D,15D,16D,17D,18D,19D,20D,21D,22D,23D,24D,25D,26D,27D,28D,29D,30D,31D,32D,33D,34D. The van der Waals surface area contributed by atoms with Crippen molar-refractivity contribution in [2.45, 2.75) is 19.3 Å². The smallest absolute Gasteiger partial charge is 0.145 e. The SMILES string of the molecule is [2H]c1c([2H])c([2H])c2c(c1[2H])-c1c(N(c3c([2H])c([2H])c(-n4c5c([2H])c([2H])c([2H])c([2H])c5c5c([2H])c([2H])c([2H])c([2H])c54)c([2H])c3[2H])c3c([2H])c([2H])c(-c4c([2H])c([2H])c([2H])c5c([2H])c([2H])c([2H])c([2H])c45)c4oc5c([2H])c([2H])c([2H])c([2H])c5c34)c([2H])c([2H])c([2H])c1C2(C)C. The molecule has 0 amide bonds. The monoisotopic (exact) mass is 774 g/mol. The van der Waals surface area contributed by atoms with Crippen molar-refractivity contribution >= 4 is 71.6 Å². The lowest BCUT2D eigenvalue weighted by Gasteiger charge is -2.30. The van der Waals surface area contributed by atoms with E-state index in [1.807, 2.05) is 0 Å². The van der Waals surface area contributed by atoms with Crippen LogP contribution in [-0.4, -0.2) is 4.57 Å². The van der Waals surface area contributed by atoms with E-state index in [1.165, 1.54) is 13.8 Å². The predicted octanol–water partition coefficient (Wildman–Crippen LogP) is 15.3. The van der Waals surface area contributed by atoms with Crippen LogP contribution in [0.15, 0.2) is 198 Å². The zero-order valence-electron chi connectivity index (χ0n) is 61.8. The number of nitrogens with zero attached hydrogens (tertiary/aromatic N) is 2. The molecule has 11 aromatic rings. The van der Waals surface area contributed by atoms with Crippen LogP contribution in [-0.2, 0) is 5.41 Å². The van der Waals surface area contributed by atoms with E-state index in [4.69, 9.17) is 29.1 Å². The molecule has 58 heavy (non-hydrogen) atoms. The minimum atomic E-state index is -1.77. The van der Waals surface area contributed by atoms with Crippen molar-refractivity contribution in [3.05, 3.63) is 204 Å². The fourth-order valence-corrected chi connectivity index (χ4v) is 7.68. The molecule has 0 aliphatic heterocycles. The number of aromatic nitrogens is 1. The van der Waals surface area contributed by atoms with Gasteiger partial charge in [-0.05, 0) is 93.5 Å². The molecule has 1 aliphatic rings. The zero-order chi connectivity index (χ0) is 66.4. The Bertz CT molecular complexity index is 5200. The van der Waals surface area contributed by atoms with E-state index in [0.29, 0.717) is 9.47 Å². The van der Waals surface area contributed by atoms with Gasteiger partial charge in [0, 0.05) is 44.1 Å². The van der Waals surface area contributed by atoms with Crippen LogP contribution in [0, 0.1) is 0 Å². The molecule has 0 radical (unpaired) electrons. The van der Waals surface area contributed by atoms with Gasteiger partial charge in [0.05, 0.1) is 71.7 Å². The van der Waals surface area contributed by atoms with Crippen molar-refractivity contribution in [1.82, 2.24) is 4.57 Å². The molecular formula is C55H38N2O. The molecule has 2 heterocycles. The first kappa shape index (κ1) is 14.2. The molecule has 2 aromatic heterocycles. The normalized spacial score (nSPS) is 20.9. The van der Waals surface area contributed by atoms with Gasteiger partial charge >= 0.3 is 0 Å². The highest BCUT2D eigenvalue weighted by molar-refractivity contribution is 6.19. The van der Waals surface area contributed by atoms with Gasteiger partial charge in [0.15, 0.2) is 0 Å². The Balaban J connectivity index is 1.38. The lowest BCUT2D eigenvalue weighted by atomic mass is 9.82. The Kier molecular flexibility index (Phi) is 3.02. The van der Waals surface area contributed by atoms with Crippen molar-refractivity contribution in [1.29, 1.82) is 0 Å². The van der Waals surface area contributed by atoms with Crippen LogP contribution in [0.4, 0.5) is 17.1 Å². The maximum absolute atomic E-state index is 10.4. The minimum Gasteiger partial charge on any atom is -0.455 e. The second-order valence-electron chi connectivity index (χ2n) is 13.6. The molecule has 0 bridgehead atoms. The fourth-order valence-electron chi connectivity index (χ4n) is 7.68. The van der Waals surface area contributed by atoms with E-state index < -0.39 is 298 Å². The molecule has 1 aliphatic carbocycles. The number of hydrogen-bond donors (Lipinski definition) is 0. The number of para-hydroxylation sites is 3. The first-order chi connectivity index (χ1) is 41.9. The number of furan rings is 1. The van der Waals surface area contributed by atoms with Gasteiger partial charge in [-0.1, -0.05) is 147 Å². The van der Waals surface area contributed by atoms with Gasteiger partial charge < -0.3 is 13.9 Å². The summed E-state index contributed by atoms with van der Waals surface area (Å²) < 4.78 is 303. The molecule has 12 rings (SSSR count). The molecule has 0 spiro atoms. The largest absolute Gasteiger partial charge is 0.455 e. The van der Waals surface area contributed by atoms with Crippen molar-refractivity contribution < 1.29 is 48.3 Å². The van der Waals surface area contributed by atoms with Crippen molar-refractivity contribution in [2.24, 2.45) is 0 Å². The van der Waals surface area contributed by atoms with Crippen LogP contribution in [0.1, 0.15) is 68.8 Å². The van der Waals surface area contributed by atoms with Crippen molar-refractivity contribution in [2.75, 3.05) is 4.90 Å². The van der Waals surface area contributed by atoms with Gasteiger partial charge in [-0.2, -0.15) is 0 Å². The van der Waals surface area contributed by atoms with Gasteiger partial charge in [0.25, 0.3) is 0 Å². The molecule has 3 nitrogen and oxygen atoms in total. The van der Waals surface area contributed by atoms with Gasteiger partial charge in [-0.15, -0.1) is 0 Å². The third-order valence-electron chi connectivity index (χ3n) is 10.2. The highest BCUT2D eigenvalue weighted by atomic mass is 16.3. The highest BCUT2D eigenvalue weighted by Gasteiger charge is 2.38. The summed E-state index contributed by atoms with van der Waals surface area (Å²) in [5, 5.41) is -3.98. The lowest BCUT2D eigenvalue weighted by Crippen LogP contribution is -2.16. The Labute approximate surface area is 381 Å². The Hall–Kier alpha value is -7.36. The van der Waals surface area contributed by atoms with Crippen LogP contribution in [0.2, 0.25) is 0 Å². The quantitative estimate of drug-likeness (QED) is 0.174. The minimum absolute atomic E-state index is 0.238. The van der Waals surface area contributed by atoms with Gasteiger partial charge in [-0.25, -0.2) is 0 Å². The fraction of sp³-hybridized carbons (Fsp3) is 0.0545. The second-order valence-corrected chi connectivity index (χ2v) is 13.6. The van der Waals surface area contributed by atoms with Crippen LogP contribution < -0.4 is 4.90 Å². The molecule has 0 N–H and O–H groups in total. The van der Waals surface area contributed by atoms with E-state index in [9.17, 15) is 19.2 Å². The summed E-state index contributed by atoms with van der Waals surface area (Å²) in [7, 11) is 0. The summed E-state index contributed by atoms with van der Waals surface area (Å²) in [4.78, 5) is 0.567. The summed E-state index contributed by atoms with van der Waals surface area (Å²) >= 11 is 0. The van der Waals surface area contributed by atoms with E-state index in [-0.39, 0.29) is 11.1 Å². The molecule has 0 saturated heterocycles. The highest BCUT2D eigenvalue weighted by Crippen LogP contribution is 2.55. The predicted molar refractivity (Wildman–Crippen MR) is 243 cm³/mol. The Morgan fingerprint density at radius 1 is 0.483 bits per heavy atom. The third kappa shape index (κ3) is 4.62. The average Bonchev–Trinajstić information content (AvgIpc) is 1.45. The second kappa shape index (κ2) is 12.3. The number of hydrogen-bond acceptors (Lipinski definition) is 2. The first-order valence-corrected chi connectivity index (χ1v) is 17.5. The molecule has 3 heteroatoms. The zero-order valence-corrected chi connectivity index (χ0v) is 29.8. The first-order valence-electron chi connectivity index (χ1n) is 33.5. The van der Waals surface area contributed by atoms with E-state index in [2.05, 4.69) is 0 Å². The molecule has 0 unspecified atom stereocenters. The summed E-state index contributed by atoms with van der Waals surface area (Å²) in [6, 6.07) is -31.1. The third-order valence-corrected chi connectivity index (χ3v) is 10.2. The average molecular weight is 775 g/mol. The number of benzene rings is 9. The Morgan fingerprint density at radius 3 is 1.88 bits per heavy atom. The molecule has 0 saturated carbocycles. The number of anilines is 3. The summed E-state index contributed by atoms with van der Waals surface area (Å²) in [6.45, 7) is 2.83. The molecule has 0 atom stereocenters.